The highest BCUT2D eigenvalue weighted by atomic mass is 15.1. The third-order valence-corrected chi connectivity index (χ3v) is 4.75. The van der Waals surface area contributed by atoms with Gasteiger partial charge in [-0.2, -0.15) is 0 Å². The van der Waals surface area contributed by atoms with Crippen LogP contribution < -0.4 is 10.2 Å². The van der Waals surface area contributed by atoms with E-state index in [-0.39, 0.29) is 0 Å². The van der Waals surface area contributed by atoms with Crippen LogP contribution in [0, 0.1) is 5.92 Å². The maximum absolute atomic E-state index is 3.36. The van der Waals surface area contributed by atoms with Crippen molar-refractivity contribution < 1.29 is 0 Å². The van der Waals surface area contributed by atoms with Crippen molar-refractivity contribution in [3.05, 3.63) is 29.8 Å². The third-order valence-electron chi connectivity index (χ3n) is 4.75. The first kappa shape index (κ1) is 14.4. The Morgan fingerprint density at radius 3 is 2.42 bits per heavy atom. The summed E-state index contributed by atoms with van der Waals surface area (Å²) in [7, 11) is 4.30. The first-order chi connectivity index (χ1) is 9.13. The minimum absolute atomic E-state index is 0.404. The minimum Gasteiger partial charge on any atom is -0.371 e. The molecule has 1 aromatic rings. The Labute approximate surface area is 118 Å². The van der Waals surface area contributed by atoms with E-state index in [1.807, 2.05) is 7.05 Å². The molecule has 1 atom stereocenters. The fourth-order valence-corrected chi connectivity index (χ4v) is 3.16. The summed E-state index contributed by atoms with van der Waals surface area (Å²) < 4.78 is 0. The lowest BCUT2D eigenvalue weighted by Gasteiger charge is -2.36. The molecule has 0 aromatic heterocycles. The molecule has 1 unspecified atom stereocenters. The van der Waals surface area contributed by atoms with Crippen LogP contribution in [0.1, 0.15) is 51.1 Å². The van der Waals surface area contributed by atoms with E-state index >= 15 is 0 Å². The highest BCUT2D eigenvalue weighted by Gasteiger charge is 2.23. The summed E-state index contributed by atoms with van der Waals surface area (Å²) in [6, 6.07) is 9.93. The standard InChI is InChI=1S/C17H28N2/c1-13-9-11-15(12-10-13)19(4)17-8-6-5-7-16(17)14(2)18-3/h5-8,13-15,18H,9-12H2,1-4H3. The van der Waals surface area contributed by atoms with E-state index in [1.54, 1.807) is 0 Å². The van der Waals surface area contributed by atoms with Crippen LogP contribution in [0.4, 0.5) is 5.69 Å². The Balaban J connectivity index is 2.16. The molecule has 19 heavy (non-hydrogen) atoms. The van der Waals surface area contributed by atoms with Gasteiger partial charge in [0.25, 0.3) is 0 Å². The van der Waals surface area contributed by atoms with Crippen LogP contribution in [0.25, 0.3) is 0 Å². The topological polar surface area (TPSA) is 15.3 Å². The van der Waals surface area contributed by atoms with Crippen LogP contribution in [0.2, 0.25) is 0 Å². The van der Waals surface area contributed by atoms with Crippen molar-refractivity contribution in [2.45, 2.75) is 51.6 Å². The van der Waals surface area contributed by atoms with Gasteiger partial charge in [-0.3, -0.25) is 0 Å². The number of para-hydroxylation sites is 1. The Morgan fingerprint density at radius 1 is 1.16 bits per heavy atom. The van der Waals surface area contributed by atoms with E-state index in [4.69, 9.17) is 0 Å². The van der Waals surface area contributed by atoms with E-state index in [2.05, 4.69) is 55.4 Å². The molecule has 0 aliphatic heterocycles. The molecule has 2 heteroatoms. The summed E-state index contributed by atoms with van der Waals surface area (Å²) in [4.78, 5) is 2.51. The number of benzene rings is 1. The minimum atomic E-state index is 0.404. The molecule has 1 N–H and O–H groups in total. The van der Waals surface area contributed by atoms with Gasteiger partial charge in [0.15, 0.2) is 0 Å². The van der Waals surface area contributed by atoms with Crippen LogP contribution in [-0.4, -0.2) is 20.1 Å². The normalized spacial score (nSPS) is 25.1. The molecule has 2 rings (SSSR count). The average molecular weight is 260 g/mol. The van der Waals surface area contributed by atoms with Crippen LogP contribution in [-0.2, 0) is 0 Å². The van der Waals surface area contributed by atoms with Gasteiger partial charge in [-0.15, -0.1) is 0 Å². The first-order valence-corrected chi connectivity index (χ1v) is 7.62. The number of hydrogen-bond donors (Lipinski definition) is 1. The molecule has 2 nitrogen and oxygen atoms in total. The van der Waals surface area contributed by atoms with Gasteiger partial charge in [-0.25, -0.2) is 0 Å². The zero-order valence-electron chi connectivity index (χ0n) is 12.8. The second-order valence-corrected chi connectivity index (χ2v) is 6.09. The Morgan fingerprint density at radius 2 is 1.79 bits per heavy atom. The lowest BCUT2D eigenvalue weighted by Crippen LogP contribution is -2.35. The summed E-state index contributed by atoms with van der Waals surface area (Å²) in [5, 5.41) is 3.36. The van der Waals surface area contributed by atoms with Crippen molar-refractivity contribution >= 4 is 5.69 Å². The molecule has 0 amide bonds. The average Bonchev–Trinajstić information content (AvgIpc) is 2.46. The van der Waals surface area contributed by atoms with E-state index in [0.717, 1.165) is 5.92 Å². The summed E-state index contributed by atoms with van der Waals surface area (Å²) in [5.41, 5.74) is 2.80. The Kier molecular flexibility index (Phi) is 4.87. The molecule has 0 saturated heterocycles. The predicted molar refractivity (Wildman–Crippen MR) is 83.7 cm³/mol. The maximum Gasteiger partial charge on any atom is 0.0414 e. The molecular formula is C17H28N2. The molecule has 1 aromatic carbocycles. The lowest BCUT2D eigenvalue weighted by atomic mass is 9.86. The summed E-state index contributed by atoms with van der Waals surface area (Å²) in [5.74, 6) is 0.913. The van der Waals surface area contributed by atoms with Crippen LogP contribution in [0.5, 0.6) is 0 Å². The summed E-state index contributed by atoms with van der Waals surface area (Å²) in [6.07, 6.45) is 5.41. The maximum atomic E-state index is 3.36. The molecule has 0 spiro atoms. The molecule has 0 radical (unpaired) electrons. The number of rotatable bonds is 4. The molecule has 1 fully saturated rings. The molecule has 0 bridgehead atoms. The highest BCUT2D eigenvalue weighted by molar-refractivity contribution is 5.55. The zero-order chi connectivity index (χ0) is 13.8. The van der Waals surface area contributed by atoms with Gasteiger partial charge in [0.2, 0.25) is 0 Å². The monoisotopic (exact) mass is 260 g/mol. The molecule has 1 aliphatic rings. The van der Waals surface area contributed by atoms with Crippen molar-refractivity contribution in [3.63, 3.8) is 0 Å². The van der Waals surface area contributed by atoms with Gasteiger partial charge in [-0.05, 0) is 57.2 Å². The number of nitrogens with one attached hydrogen (secondary N) is 1. The number of hydrogen-bond acceptors (Lipinski definition) is 2. The van der Waals surface area contributed by atoms with Gasteiger partial charge in [0, 0.05) is 24.8 Å². The van der Waals surface area contributed by atoms with Crippen molar-refractivity contribution in [2.75, 3.05) is 19.0 Å². The molecular weight excluding hydrogens is 232 g/mol. The smallest absolute Gasteiger partial charge is 0.0414 e. The molecule has 106 valence electrons. The van der Waals surface area contributed by atoms with E-state index in [0.29, 0.717) is 12.1 Å². The van der Waals surface area contributed by atoms with Crippen LogP contribution >= 0.6 is 0 Å². The quantitative estimate of drug-likeness (QED) is 0.881. The van der Waals surface area contributed by atoms with Gasteiger partial charge in [0.1, 0.15) is 0 Å². The SMILES string of the molecule is CNC(C)c1ccccc1N(C)C1CCC(C)CC1. The zero-order valence-corrected chi connectivity index (χ0v) is 12.8. The largest absolute Gasteiger partial charge is 0.371 e. The highest BCUT2D eigenvalue weighted by Crippen LogP contribution is 2.32. The third kappa shape index (κ3) is 3.30. The van der Waals surface area contributed by atoms with Gasteiger partial charge >= 0.3 is 0 Å². The van der Waals surface area contributed by atoms with E-state index < -0.39 is 0 Å². The van der Waals surface area contributed by atoms with E-state index in [1.165, 1.54) is 36.9 Å². The van der Waals surface area contributed by atoms with Crippen molar-refractivity contribution in [1.82, 2.24) is 5.32 Å². The molecule has 1 saturated carbocycles. The summed E-state index contributed by atoms with van der Waals surface area (Å²) >= 11 is 0. The molecule has 0 heterocycles. The van der Waals surface area contributed by atoms with Crippen molar-refractivity contribution in [3.8, 4) is 0 Å². The second-order valence-electron chi connectivity index (χ2n) is 6.09. The van der Waals surface area contributed by atoms with Crippen LogP contribution in [0.3, 0.4) is 0 Å². The summed E-state index contributed by atoms with van der Waals surface area (Å²) in [6.45, 7) is 4.61. The lowest BCUT2D eigenvalue weighted by molar-refractivity contribution is 0.340. The van der Waals surface area contributed by atoms with Crippen molar-refractivity contribution in [2.24, 2.45) is 5.92 Å². The Hall–Kier alpha value is -1.02. The number of anilines is 1. The van der Waals surface area contributed by atoms with E-state index in [9.17, 15) is 0 Å². The molecule has 1 aliphatic carbocycles. The predicted octanol–water partition coefficient (Wildman–Crippen LogP) is 3.98. The number of nitrogens with zero attached hydrogens (tertiary/aromatic N) is 1. The van der Waals surface area contributed by atoms with Crippen molar-refractivity contribution in [1.29, 1.82) is 0 Å². The van der Waals surface area contributed by atoms with Gasteiger partial charge in [-0.1, -0.05) is 25.1 Å². The second kappa shape index (κ2) is 6.42. The van der Waals surface area contributed by atoms with Gasteiger partial charge < -0.3 is 10.2 Å². The van der Waals surface area contributed by atoms with Gasteiger partial charge in [0.05, 0.1) is 0 Å². The van der Waals surface area contributed by atoms with Crippen LogP contribution in [0.15, 0.2) is 24.3 Å². The first-order valence-electron chi connectivity index (χ1n) is 7.62. The fourth-order valence-electron chi connectivity index (χ4n) is 3.16. The Bertz CT molecular complexity index is 394. The fraction of sp³-hybridized carbons (Fsp3) is 0.647.